The third-order valence-electron chi connectivity index (χ3n) is 2.49. The first kappa shape index (κ1) is 13.4. The second-order valence-electron chi connectivity index (χ2n) is 3.40. The predicted octanol–water partition coefficient (Wildman–Crippen LogP) is 3.79. The molecule has 0 heterocycles. The van der Waals surface area contributed by atoms with Crippen LogP contribution < -0.4 is 9.47 Å². The molecule has 0 aliphatic rings. The highest BCUT2D eigenvalue weighted by molar-refractivity contribution is 5.85. The minimum absolute atomic E-state index is 0. The minimum atomic E-state index is 0. The monoisotopic (exact) mass is 250 g/mol. The maximum atomic E-state index is 5.36. The lowest BCUT2D eigenvalue weighted by Crippen LogP contribution is -1.92. The summed E-state index contributed by atoms with van der Waals surface area (Å²) in [4.78, 5) is 0. The lowest BCUT2D eigenvalue weighted by atomic mass is 10.0. The normalized spacial score (nSPS) is 9.29. The first-order valence-corrected chi connectivity index (χ1v) is 5.13. The Bertz CT molecular complexity index is 447. The van der Waals surface area contributed by atoms with Crippen LogP contribution in [0, 0.1) is 0 Å². The van der Waals surface area contributed by atoms with Crippen LogP contribution in [-0.2, 0) is 0 Å². The van der Waals surface area contributed by atoms with E-state index in [-0.39, 0.29) is 12.4 Å². The molecule has 2 aromatic carbocycles. The highest BCUT2D eigenvalue weighted by atomic mass is 35.5. The molecule has 0 bridgehead atoms. The van der Waals surface area contributed by atoms with Crippen LogP contribution in [0.1, 0.15) is 0 Å². The van der Waals surface area contributed by atoms with Gasteiger partial charge in [0.25, 0.3) is 0 Å². The Morgan fingerprint density at radius 2 is 1.24 bits per heavy atom. The molecular formula is C14H15ClO2. The van der Waals surface area contributed by atoms with E-state index in [0.717, 1.165) is 22.6 Å². The molecule has 0 fully saturated rings. The van der Waals surface area contributed by atoms with Gasteiger partial charge in [0.2, 0.25) is 0 Å². The Kier molecular flexibility index (Phi) is 4.85. The van der Waals surface area contributed by atoms with Crippen molar-refractivity contribution in [3.8, 4) is 22.6 Å². The van der Waals surface area contributed by atoms with Crippen molar-refractivity contribution < 1.29 is 9.47 Å². The van der Waals surface area contributed by atoms with Crippen molar-refractivity contribution in [3.63, 3.8) is 0 Å². The smallest absolute Gasteiger partial charge is 0.130 e. The average Bonchev–Trinajstić information content (AvgIpc) is 2.38. The Morgan fingerprint density at radius 1 is 0.706 bits per heavy atom. The zero-order chi connectivity index (χ0) is 11.4. The van der Waals surface area contributed by atoms with Gasteiger partial charge in [-0.05, 0) is 17.7 Å². The summed E-state index contributed by atoms with van der Waals surface area (Å²) in [6.45, 7) is 0. The Labute approximate surface area is 108 Å². The summed E-state index contributed by atoms with van der Waals surface area (Å²) < 4.78 is 10.7. The van der Waals surface area contributed by atoms with Gasteiger partial charge in [0, 0.05) is 0 Å². The van der Waals surface area contributed by atoms with Crippen molar-refractivity contribution in [3.05, 3.63) is 48.5 Å². The molecule has 17 heavy (non-hydrogen) atoms. The van der Waals surface area contributed by atoms with E-state index in [0.29, 0.717) is 0 Å². The average molecular weight is 251 g/mol. The maximum Gasteiger partial charge on any atom is 0.130 e. The maximum absolute atomic E-state index is 5.36. The van der Waals surface area contributed by atoms with Gasteiger partial charge >= 0.3 is 0 Å². The van der Waals surface area contributed by atoms with Gasteiger partial charge in [0.05, 0.1) is 19.8 Å². The van der Waals surface area contributed by atoms with Crippen LogP contribution in [0.5, 0.6) is 11.5 Å². The first-order valence-electron chi connectivity index (χ1n) is 5.13. The fourth-order valence-corrected chi connectivity index (χ4v) is 1.74. The fraction of sp³-hybridized carbons (Fsp3) is 0.143. The van der Waals surface area contributed by atoms with Gasteiger partial charge in [0.15, 0.2) is 0 Å². The predicted molar refractivity (Wildman–Crippen MR) is 72.2 cm³/mol. The molecule has 0 amide bonds. The molecule has 0 atom stereocenters. The summed E-state index contributed by atoms with van der Waals surface area (Å²) in [5.41, 5.74) is 2.09. The zero-order valence-electron chi connectivity index (χ0n) is 9.84. The van der Waals surface area contributed by atoms with Crippen LogP contribution in [0.4, 0.5) is 0 Å². The first-order chi connectivity index (χ1) is 7.86. The SMILES string of the molecule is COc1cccc(OC)c1-c1ccccc1.Cl. The van der Waals surface area contributed by atoms with Gasteiger partial charge in [-0.3, -0.25) is 0 Å². The molecule has 3 heteroatoms. The van der Waals surface area contributed by atoms with Crippen LogP contribution in [0.2, 0.25) is 0 Å². The topological polar surface area (TPSA) is 18.5 Å². The van der Waals surface area contributed by atoms with Gasteiger partial charge in [-0.1, -0.05) is 36.4 Å². The van der Waals surface area contributed by atoms with Crippen LogP contribution in [0.3, 0.4) is 0 Å². The third kappa shape index (κ3) is 2.71. The molecule has 0 N–H and O–H groups in total. The Morgan fingerprint density at radius 3 is 1.71 bits per heavy atom. The van der Waals surface area contributed by atoms with Gasteiger partial charge in [-0.2, -0.15) is 0 Å². The lowest BCUT2D eigenvalue weighted by molar-refractivity contribution is 0.397. The third-order valence-corrected chi connectivity index (χ3v) is 2.49. The molecule has 90 valence electrons. The number of methoxy groups -OCH3 is 2. The molecule has 2 nitrogen and oxygen atoms in total. The summed E-state index contributed by atoms with van der Waals surface area (Å²) in [7, 11) is 3.34. The molecule has 2 rings (SSSR count). The highest BCUT2D eigenvalue weighted by Gasteiger charge is 2.10. The summed E-state index contributed by atoms with van der Waals surface area (Å²) >= 11 is 0. The summed E-state index contributed by atoms with van der Waals surface area (Å²) in [5.74, 6) is 1.65. The van der Waals surface area contributed by atoms with E-state index < -0.39 is 0 Å². The molecule has 0 radical (unpaired) electrons. The molecule has 2 aromatic rings. The molecule has 0 aliphatic heterocycles. The van der Waals surface area contributed by atoms with Gasteiger partial charge in [-0.15, -0.1) is 12.4 Å². The van der Waals surface area contributed by atoms with Crippen molar-refractivity contribution in [1.29, 1.82) is 0 Å². The molecular weight excluding hydrogens is 236 g/mol. The number of benzene rings is 2. The van der Waals surface area contributed by atoms with Crippen LogP contribution >= 0.6 is 12.4 Å². The van der Waals surface area contributed by atoms with Crippen molar-refractivity contribution in [2.75, 3.05) is 14.2 Å². The quantitative estimate of drug-likeness (QED) is 0.825. The highest BCUT2D eigenvalue weighted by Crippen LogP contribution is 2.37. The second kappa shape index (κ2) is 6.16. The zero-order valence-corrected chi connectivity index (χ0v) is 10.7. The molecule has 0 aromatic heterocycles. The van der Waals surface area contributed by atoms with Gasteiger partial charge in [0.1, 0.15) is 11.5 Å². The summed E-state index contributed by atoms with van der Waals surface area (Å²) in [6, 6.07) is 15.9. The van der Waals surface area contributed by atoms with Gasteiger partial charge < -0.3 is 9.47 Å². The minimum Gasteiger partial charge on any atom is -0.496 e. The van der Waals surface area contributed by atoms with Gasteiger partial charge in [-0.25, -0.2) is 0 Å². The number of hydrogen-bond acceptors (Lipinski definition) is 2. The number of ether oxygens (including phenoxy) is 2. The Balaban J connectivity index is 0.00000144. The van der Waals surface area contributed by atoms with Crippen molar-refractivity contribution >= 4 is 12.4 Å². The van der Waals surface area contributed by atoms with E-state index in [1.54, 1.807) is 14.2 Å². The fourth-order valence-electron chi connectivity index (χ4n) is 1.74. The van der Waals surface area contributed by atoms with E-state index in [4.69, 9.17) is 9.47 Å². The standard InChI is InChI=1S/C14H14O2.ClH/c1-15-12-9-6-10-13(16-2)14(12)11-7-4-3-5-8-11;/h3-10H,1-2H3;1H. The second-order valence-corrected chi connectivity index (χ2v) is 3.40. The molecule has 0 saturated carbocycles. The van der Waals surface area contributed by atoms with Crippen molar-refractivity contribution in [2.24, 2.45) is 0 Å². The number of rotatable bonds is 3. The van der Waals surface area contributed by atoms with E-state index >= 15 is 0 Å². The molecule has 0 spiro atoms. The summed E-state index contributed by atoms with van der Waals surface area (Å²) in [5, 5.41) is 0. The molecule has 0 aliphatic carbocycles. The van der Waals surface area contributed by atoms with Crippen molar-refractivity contribution in [1.82, 2.24) is 0 Å². The van der Waals surface area contributed by atoms with E-state index in [9.17, 15) is 0 Å². The van der Waals surface area contributed by atoms with Crippen LogP contribution in [0.15, 0.2) is 48.5 Å². The lowest BCUT2D eigenvalue weighted by Gasteiger charge is -2.12. The largest absolute Gasteiger partial charge is 0.496 e. The number of halogens is 1. The van der Waals surface area contributed by atoms with E-state index in [2.05, 4.69) is 0 Å². The van der Waals surface area contributed by atoms with Crippen molar-refractivity contribution in [2.45, 2.75) is 0 Å². The van der Waals surface area contributed by atoms with E-state index in [1.165, 1.54) is 0 Å². The summed E-state index contributed by atoms with van der Waals surface area (Å²) in [6.07, 6.45) is 0. The molecule has 0 saturated heterocycles. The Hall–Kier alpha value is -1.67. The van der Waals surface area contributed by atoms with Crippen LogP contribution in [0.25, 0.3) is 11.1 Å². The molecule has 0 unspecified atom stereocenters. The van der Waals surface area contributed by atoms with E-state index in [1.807, 2.05) is 48.5 Å². The van der Waals surface area contributed by atoms with Crippen LogP contribution in [-0.4, -0.2) is 14.2 Å². The number of hydrogen-bond donors (Lipinski definition) is 0.